The molecule has 0 aliphatic carbocycles. The zero-order chi connectivity index (χ0) is 33.8. The van der Waals surface area contributed by atoms with Gasteiger partial charge in [-0.3, -0.25) is 0 Å². The molecule has 0 saturated heterocycles. The number of rotatable bonds is 6. The van der Waals surface area contributed by atoms with Crippen molar-refractivity contribution in [3.05, 3.63) is 206 Å². The zero-order valence-corrected chi connectivity index (χ0v) is 29.0. The maximum absolute atomic E-state index is 2.89. The van der Waals surface area contributed by atoms with Crippen LogP contribution in [0.15, 0.2) is 206 Å². The third-order valence-corrected chi connectivity index (χ3v) is 15.5. The lowest BCUT2D eigenvalue weighted by Crippen LogP contribution is -2.75. The number of fused-ring (bicyclic) bond motifs is 6. The average Bonchev–Trinajstić information content (AvgIpc) is 3.74. The van der Waals surface area contributed by atoms with E-state index in [9.17, 15) is 0 Å². The molecule has 8 aromatic carbocycles. The maximum atomic E-state index is 2.58. The van der Waals surface area contributed by atoms with Gasteiger partial charge in [-0.25, -0.2) is 0 Å². The van der Waals surface area contributed by atoms with Crippen molar-refractivity contribution < 1.29 is 0 Å². The molecule has 0 fully saturated rings. The molecule has 51 heavy (non-hydrogen) atoms. The average molecular weight is 667 g/mol. The number of benzene rings is 8. The van der Waals surface area contributed by atoms with E-state index in [0.717, 1.165) is 5.69 Å². The van der Waals surface area contributed by atoms with Gasteiger partial charge in [0.2, 0.25) is 0 Å². The van der Waals surface area contributed by atoms with E-state index in [2.05, 4.69) is 215 Å². The van der Waals surface area contributed by atoms with Crippen LogP contribution in [0.5, 0.6) is 0 Å². The van der Waals surface area contributed by atoms with Crippen LogP contribution in [-0.2, 0) is 0 Å². The Labute approximate surface area is 298 Å². The summed E-state index contributed by atoms with van der Waals surface area (Å²) in [6.45, 7) is 0. The largest absolute Gasteiger partial charge is 0.309 e. The highest BCUT2D eigenvalue weighted by Gasteiger charge is 2.43. The third kappa shape index (κ3) is 4.35. The molecule has 0 atom stereocenters. The van der Waals surface area contributed by atoms with E-state index in [1.807, 2.05) is 0 Å². The summed E-state index contributed by atoms with van der Waals surface area (Å²) in [5, 5.41) is 10.5. The fraction of sp³-hybridized carbons (Fsp3) is 0. The number of aromatic nitrogens is 2. The van der Waals surface area contributed by atoms with Crippen molar-refractivity contribution in [3.63, 3.8) is 0 Å². The van der Waals surface area contributed by atoms with Gasteiger partial charge in [0, 0.05) is 27.2 Å². The Morgan fingerprint density at radius 1 is 0.314 bits per heavy atom. The Bertz CT molecular complexity index is 2740. The summed E-state index contributed by atoms with van der Waals surface area (Å²) in [4.78, 5) is 0. The molecule has 0 bridgehead atoms. The van der Waals surface area contributed by atoms with E-state index in [1.54, 1.807) is 0 Å². The molecule has 2 heterocycles. The van der Waals surface area contributed by atoms with Gasteiger partial charge in [0.15, 0.2) is 8.07 Å². The van der Waals surface area contributed by atoms with Gasteiger partial charge in [0.25, 0.3) is 0 Å². The van der Waals surface area contributed by atoms with Crippen molar-refractivity contribution in [2.24, 2.45) is 0 Å². The number of para-hydroxylation sites is 4. The summed E-state index contributed by atoms with van der Waals surface area (Å²) in [6.07, 6.45) is 0. The first-order valence-electron chi connectivity index (χ1n) is 17.6. The molecule has 3 heteroatoms. The van der Waals surface area contributed by atoms with Crippen LogP contribution in [0.4, 0.5) is 0 Å². The van der Waals surface area contributed by atoms with Gasteiger partial charge < -0.3 is 9.13 Å². The van der Waals surface area contributed by atoms with Crippen LogP contribution in [0.2, 0.25) is 0 Å². The second-order valence-corrected chi connectivity index (χ2v) is 17.0. The normalized spacial score (nSPS) is 11.9. The van der Waals surface area contributed by atoms with Gasteiger partial charge in [0.05, 0.1) is 27.8 Å². The molecule has 0 unspecified atom stereocenters. The minimum absolute atomic E-state index is 1.16. The highest BCUT2D eigenvalue weighted by atomic mass is 28.3. The number of hydrogen-bond donors (Lipinski definition) is 0. The van der Waals surface area contributed by atoms with Crippen molar-refractivity contribution in [1.82, 2.24) is 9.13 Å². The standard InChI is InChI=1S/C48H34N2Si/c1-5-19-35(20-6-1)49-43-31-16-14-28-41(43)47-44(49)32-18-33-45(47)50-42-30-15-13-27-39(42)40-29-17-34-46(48(40)50)51(36-21-7-2-8-22-36,37-23-9-3-10-24-37)38-25-11-4-12-26-38/h1-34H. The van der Waals surface area contributed by atoms with Crippen LogP contribution in [-0.4, -0.2) is 17.2 Å². The predicted molar refractivity (Wildman–Crippen MR) is 219 cm³/mol. The van der Waals surface area contributed by atoms with Crippen molar-refractivity contribution in [3.8, 4) is 11.4 Å². The van der Waals surface area contributed by atoms with E-state index in [-0.39, 0.29) is 0 Å². The Morgan fingerprint density at radius 2 is 0.765 bits per heavy atom. The highest BCUT2D eigenvalue weighted by molar-refractivity contribution is 7.20. The van der Waals surface area contributed by atoms with Crippen molar-refractivity contribution in [2.45, 2.75) is 0 Å². The monoisotopic (exact) mass is 666 g/mol. The SMILES string of the molecule is c1ccc(-n2c3ccccc3c3c(-n4c5ccccc5c5cccc([Si](c6ccccc6)(c6ccccc6)c6ccccc6)c54)cccc32)cc1. The molecule has 2 nitrogen and oxygen atoms in total. The van der Waals surface area contributed by atoms with Crippen molar-refractivity contribution in [1.29, 1.82) is 0 Å². The Balaban J connectivity index is 1.42. The predicted octanol–water partition coefficient (Wildman–Crippen LogP) is 9.26. The first-order valence-corrected chi connectivity index (χ1v) is 19.6. The molecule has 0 radical (unpaired) electrons. The molecule has 0 aliphatic heterocycles. The minimum atomic E-state index is -2.89. The van der Waals surface area contributed by atoms with Gasteiger partial charge in [0.1, 0.15) is 0 Å². The summed E-state index contributed by atoms with van der Waals surface area (Å²) < 4.78 is 5.00. The second kappa shape index (κ2) is 11.9. The molecule has 0 spiro atoms. The highest BCUT2D eigenvalue weighted by Crippen LogP contribution is 2.39. The van der Waals surface area contributed by atoms with Gasteiger partial charge >= 0.3 is 0 Å². The summed E-state index contributed by atoms with van der Waals surface area (Å²) >= 11 is 0. The van der Waals surface area contributed by atoms with Crippen LogP contribution < -0.4 is 20.7 Å². The molecule has 0 aliphatic rings. The minimum Gasteiger partial charge on any atom is -0.309 e. The zero-order valence-electron chi connectivity index (χ0n) is 28.0. The fourth-order valence-electron chi connectivity index (χ4n) is 8.64. The second-order valence-electron chi connectivity index (χ2n) is 13.3. The molecule has 0 saturated carbocycles. The summed E-state index contributed by atoms with van der Waals surface area (Å²) in [5.41, 5.74) is 7.23. The maximum Gasteiger partial charge on any atom is 0.181 e. The molecule has 10 rings (SSSR count). The van der Waals surface area contributed by atoms with Crippen molar-refractivity contribution >= 4 is 72.4 Å². The van der Waals surface area contributed by atoms with E-state index in [0.29, 0.717) is 0 Å². The molecule has 10 aromatic rings. The molecule has 2 aromatic heterocycles. The lowest BCUT2D eigenvalue weighted by atomic mass is 10.1. The lowest BCUT2D eigenvalue weighted by molar-refractivity contribution is 1.17. The summed E-state index contributed by atoms with van der Waals surface area (Å²) in [5.74, 6) is 0. The summed E-state index contributed by atoms with van der Waals surface area (Å²) in [6, 6.07) is 76.2. The third-order valence-electron chi connectivity index (χ3n) is 10.7. The topological polar surface area (TPSA) is 9.86 Å². The molecule has 0 amide bonds. The van der Waals surface area contributed by atoms with Crippen LogP contribution in [0.3, 0.4) is 0 Å². The number of nitrogens with zero attached hydrogens (tertiary/aromatic N) is 2. The Morgan fingerprint density at radius 3 is 1.37 bits per heavy atom. The lowest BCUT2D eigenvalue weighted by Gasteiger charge is -2.35. The van der Waals surface area contributed by atoms with E-state index >= 15 is 0 Å². The van der Waals surface area contributed by atoms with Gasteiger partial charge in [-0.2, -0.15) is 0 Å². The van der Waals surface area contributed by atoms with Crippen LogP contribution in [0.25, 0.3) is 55.0 Å². The fourth-order valence-corrected chi connectivity index (χ4v) is 13.6. The Kier molecular flexibility index (Phi) is 6.86. The van der Waals surface area contributed by atoms with Gasteiger partial charge in [-0.1, -0.05) is 170 Å². The van der Waals surface area contributed by atoms with Crippen LogP contribution in [0.1, 0.15) is 0 Å². The smallest absolute Gasteiger partial charge is 0.181 e. The molecular weight excluding hydrogens is 633 g/mol. The quantitative estimate of drug-likeness (QED) is 0.124. The van der Waals surface area contributed by atoms with Crippen molar-refractivity contribution in [2.75, 3.05) is 0 Å². The molecule has 240 valence electrons. The first-order chi connectivity index (χ1) is 25.4. The molecular formula is C48H34N2Si. The Hall–Kier alpha value is -6.42. The van der Waals surface area contributed by atoms with Crippen LogP contribution in [0, 0.1) is 0 Å². The first kappa shape index (κ1) is 29.5. The molecule has 0 N–H and O–H groups in total. The van der Waals surface area contributed by atoms with Gasteiger partial charge in [-0.15, -0.1) is 0 Å². The van der Waals surface area contributed by atoms with Gasteiger partial charge in [-0.05, 0) is 57.1 Å². The number of hydrogen-bond acceptors (Lipinski definition) is 0. The van der Waals surface area contributed by atoms with E-state index < -0.39 is 8.07 Å². The van der Waals surface area contributed by atoms with Crippen LogP contribution >= 0.6 is 0 Å². The van der Waals surface area contributed by atoms with E-state index in [4.69, 9.17) is 0 Å². The van der Waals surface area contributed by atoms with E-state index in [1.165, 1.54) is 70.0 Å². The summed E-state index contributed by atoms with van der Waals surface area (Å²) in [7, 11) is -2.89.